The quantitative estimate of drug-likeness (QED) is 0.560. The molecule has 174 valence electrons. The number of hydrogen-bond donors (Lipinski definition) is 3. The first-order valence-electron chi connectivity index (χ1n) is 11.1. The van der Waals surface area contributed by atoms with Crippen molar-refractivity contribution in [1.82, 2.24) is 20.7 Å². The molecule has 3 N–H and O–H groups in total. The van der Waals surface area contributed by atoms with Crippen LogP contribution in [0, 0.1) is 20.8 Å². The lowest BCUT2D eigenvalue weighted by Crippen LogP contribution is -2.51. The van der Waals surface area contributed by atoms with E-state index in [1.165, 1.54) is 0 Å². The van der Waals surface area contributed by atoms with Gasteiger partial charge in [-0.15, -0.1) is 0 Å². The summed E-state index contributed by atoms with van der Waals surface area (Å²) in [4.78, 5) is 51.5. The molecule has 0 unspecified atom stereocenters. The highest BCUT2D eigenvalue weighted by atomic mass is 16.2. The van der Waals surface area contributed by atoms with Gasteiger partial charge in [0.05, 0.1) is 6.54 Å². The summed E-state index contributed by atoms with van der Waals surface area (Å²) in [5.41, 5.74) is 5.50. The average Bonchev–Trinajstić information content (AvgIpc) is 2.93. The van der Waals surface area contributed by atoms with Gasteiger partial charge in [0.1, 0.15) is 5.54 Å². The number of benzene rings is 1. The maximum Gasteiger partial charge on any atom is 0.344 e. The van der Waals surface area contributed by atoms with Crippen molar-refractivity contribution in [3.63, 3.8) is 0 Å². The second-order valence-corrected chi connectivity index (χ2v) is 9.06. The Bertz CT molecular complexity index is 900. The predicted molar refractivity (Wildman–Crippen MR) is 121 cm³/mol. The van der Waals surface area contributed by atoms with Gasteiger partial charge in [-0.2, -0.15) is 5.01 Å². The number of nitrogens with one attached hydrogen (secondary N) is 3. The minimum absolute atomic E-state index is 0.0520. The number of likely N-dealkylation sites (N-methyl/N-ethyl adjacent to an activating group) is 1. The monoisotopic (exact) mass is 443 g/mol. The third kappa shape index (κ3) is 5.27. The zero-order valence-corrected chi connectivity index (χ0v) is 19.3. The normalized spacial score (nSPS) is 17.6. The lowest BCUT2D eigenvalue weighted by Gasteiger charge is -2.30. The minimum Gasteiger partial charge on any atom is -0.324 e. The molecule has 2 fully saturated rings. The predicted octanol–water partition coefficient (Wildman–Crippen LogP) is 2.16. The van der Waals surface area contributed by atoms with Crippen LogP contribution in [-0.4, -0.2) is 59.3 Å². The Morgan fingerprint density at radius 2 is 1.69 bits per heavy atom. The van der Waals surface area contributed by atoms with Gasteiger partial charge in [-0.25, -0.2) is 4.79 Å². The summed E-state index contributed by atoms with van der Waals surface area (Å²) in [6.07, 6.45) is 4.05. The molecular weight excluding hydrogens is 410 g/mol. The van der Waals surface area contributed by atoms with E-state index in [0.717, 1.165) is 46.6 Å². The third-order valence-electron chi connectivity index (χ3n) is 6.18. The van der Waals surface area contributed by atoms with Gasteiger partial charge in [0.15, 0.2) is 0 Å². The first-order chi connectivity index (χ1) is 15.1. The molecule has 5 amide bonds. The standard InChI is InChI=1S/C23H33N5O4/c1-15-12-16(2)20(17(3)13-15)24-19(30)14-27(4)11-8-18(29)26-28-21(31)23(25-22(28)32)9-6-5-7-10-23/h12-13H,5-11,14H2,1-4H3,(H,24,30)(H,25,32)(H,26,29). The molecule has 1 saturated heterocycles. The lowest BCUT2D eigenvalue weighted by atomic mass is 9.82. The van der Waals surface area contributed by atoms with Crippen molar-refractivity contribution in [3.8, 4) is 0 Å². The Hall–Kier alpha value is -2.94. The summed E-state index contributed by atoms with van der Waals surface area (Å²) < 4.78 is 0. The van der Waals surface area contributed by atoms with Crippen molar-refractivity contribution in [2.75, 3.05) is 25.5 Å². The van der Waals surface area contributed by atoms with E-state index in [1.54, 1.807) is 11.9 Å². The highest BCUT2D eigenvalue weighted by Crippen LogP contribution is 2.33. The Kier molecular flexibility index (Phi) is 7.18. The molecule has 3 rings (SSSR count). The van der Waals surface area contributed by atoms with Crippen LogP contribution in [-0.2, 0) is 14.4 Å². The Labute approximate surface area is 188 Å². The SMILES string of the molecule is Cc1cc(C)c(NC(=O)CN(C)CCC(=O)NN2C(=O)NC3(CCCCC3)C2=O)c(C)c1. The van der Waals surface area contributed by atoms with E-state index in [0.29, 0.717) is 19.4 Å². The van der Waals surface area contributed by atoms with Gasteiger partial charge < -0.3 is 10.6 Å². The zero-order valence-electron chi connectivity index (χ0n) is 19.3. The number of hydrogen-bond acceptors (Lipinski definition) is 5. The number of carbonyl (C=O) groups is 4. The van der Waals surface area contributed by atoms with E-state index in [9.17, 15) is 19.2 Å². The number of aryl methyl sites for hydroxylation is 3. The summed E-state index contributed by atoms with van der Waals surface area (Å²) in [6, 6.07) is 3.45. The van der Waals surface area contributed by atoms with Crippen molar-refractivity contribution in [3.05, 3.63) is 28.8 Å². The molecule has 1 saturated carbocycles. The summed E-state index contributed by atoms with van der Waals surface area (Å²) in [7, 11) is 1.74. The highest BCUT2D eigenvalue weighted by molar-refractivity contribution is 6.08. The number of anilines is 1. The van der Waals surface area contributed by atoms with Crippen LogP contribution in [0.25, 0.3) is 0 Å². The zero-order chi connectivity index (χ0) is 23.5. The summed E-state index contributed by atoms with van der Waals surface area (Å²) in [5, 5.41) is 6.51. The Morgan fingerprint density at radius 1 is 1.06 bits per heavy atom. The van der Waals surface area contributed by atoms with Crippen LogP contribution >= 0.6 is 0 Å². The molecule has 1 aliphatic carbocycles. The van der Waals surface area contributed by atoms with Gasteiger partial charge >= 0.3 is 6.03 Å². The van der Waals surface area contributed by atoms with E-state index >= 15 is 0 Å². The molecule has 1 aliphatic heterocycles. The van der Waals surface area contributed by atoms with Gasteiger partial charge in [-0.1, -0.05) is 37.0 Å². The lowest BCUT2D eigenvalue weighted by molar-refractivity contribution is -0.140. The number of urea groups is 1. The molecule has 0 bridgehead atoms. The van der Waals surface area contributed by atoms with Crippen LogP contribution in [0.5, 0.6) is 0 Å². The Balaban J connectivity index is 1.46. The molecule has 0 atom stereocenters. The van der Waals surface area contributed by atoms with Crippen LogP contribution in [0.1, 0.15) is 55.2 Å². The fraction of sp³-hybridized carbons (Fsp3) is 0.565. The summed E-state index contributed by atoms with van der Waals surface area (Å²) in [5.74, 6) is -0.998. The number of nitrogens with zero attached hydrogens (tertiary/aromatic N) is 2. The van der Waals surface area contributed by atoms with Crippen molar-refractivity contribution in [1.29, 1.82) is 0 Å². The molecule has 0 radical (unpaired) electrons. The van der Waals surface area contributed by atoms with Gasteiger partial charge in [-0.3, -0.25) is 24.7 Å². The molecule has 1 aromatic rings. The second kappa shape index (κ2) is 9.68. The minimum atomic E-state index is -0.871. The van der Waals surface area contributed by atoms with Gasteiger partial charge in [0.25, 0.3) is 5.91 Å². The van der Waals surface area contributed by atoms with Crippen LogP contribution < -0.4 is 16.1 Å². The van der Waals surface area contributed by atoms with E-state index < -0.39 is 17.5 Å². The smallest absolute Gasteiger partial charge is 0.324 e. The largest absolute Gasteiger partial charge is 0.344 e. The van der Waals surface area contributed by atoms with Crippen molar-refractivity contribution >= 4 is 29.4 Å². The van der Waals surface area contributed by atoms with Gasteiger partial charge in [-0.05, 0) is 51.8 Å². The molecule has 9 heteroatoms. The maximum absolute atomic E-state index is 12.7. The van der Waals surface area contributed by atoms with Crippen LogP contribution in [0.3, 0.4) is 0 Å². The number of hydrazine groups is 1. The molecule has 0 aromatic heterocycles. The molecular formula is C23H33N5O4. The molecule has 1 heterocycles. The van der Waals surface area contributed by atoms with Crippen LogP contribution in [0.15, 0.2) is 12.1 Å². The van der Waals surface area contributed by atoms with Crippen molar-refractivity contribution < 1.29 is 19.2 Å². The Morgan fingerprint density at radius 3 is 2.31 bits per heavy atom. The van der Waals surface area contributed by atoms with E-state index in [2.05, 4.69) is 16.1 Å². The summed E-state index contributed by atoms with van der Waals surface area (Å²) >= 11 is 0. The third-order valence-corrected chi connectivity index (χ3v) is 6.18. The maximum atomic E-state index is 12.7. The van der Waals surface area contributed by atoms with Crippen molar-refractivity contribution in [2.45, 2.75) is 64.8 Å². The summed E-state index contributed by atoms with van der Waals surface area (Å²) in [6.45, 7) is 6.35. The van der Waals surface area contributed by atoms with Gasteiger partial charge in [0.2, 0.25) is 11.8 Å². The molecule has 9 nitrogen and oxygen atoms in total. The van der Waals surface area contributed by atoms with Gasteiger partial charge in [0, 0.05) is 18.7 Å². The first-order valence-corrected chi connectivity index (χ1v) is 11.1. The van der Waals surface area contributed by atoms with E-state index in [1.807, 2.05) is 32.9 Å². The number of amides is 5. The van der Waals surface area contributed by atoms with E-state index in [4.69, 9.17) is 0 Å². The van der Waals surface area contributed by atoms with Crippen molar-refractivity contribution in [2.24, 2.45) is 0 Å². The fourth-order valence-electron chi connectivity index (χ4n) is 4.57. The number of imide groups is 1. The molecule has 2 aliphatic rings. The number of rotatable bonds is 7. The topological polar surface area (TPSA) is 111 Å². The average molecular weight is 444 g/mol. The van der Waals surface area contributed by atoms with E-state index in [-0.39, 0.29) is 24.8 Å². The first kappa shape index (κ1) is 23.7. The van der Waals surface area contributed by atoms with Crippen LogP contribution in [0.4, 0.5) is 10.5 Å². The fourth-order valence-corrected chi connectivity index (χ4v) is 4.57. The van der Waals surface area contributed by atoms with Crippen LogP contribution in [0.2, 0.25) is 0 Å². The highest BCUT2D eigenvalue weighted by Gasteiger charge is 2.52. The second-order valence-electron chi connectivity index (χ2n) is 9.06. The molecule has 1 spiro atoms. The molecule has 1 aromatic carbocycles. The molecule has 32 heavy (non-hydrogen) atoms. The number of carbonyl (C=O) groups excluding carboxylic acids is 4.